The second-order valence-electron chi connectivity index (χ2n) is 4.37. The van der Waals surface area contributed by atoms with Gasteiger partial charge in [-0.1, -0.05) is 30.3 Å². The smallest absolute Gasteiger partial charge is 0.0948 e. The summed E-state index contributed by atoms with van der Waals surface area (Å²) in [5.74, 6) is 0.427. The molecular weight excluding hydrogens is 246 g/mol. The van der Waals surface area contributed by atoms with Crippen molar-refractivity contribution in [2.75, 3.05) is 5.88 Å². The lowest BCUT2D eigenvalue weighted by Crippen LogP contribution is -2.29. The van der Waals surface area contributed by atoms with E-state index in [-0.39, 0.29) is 0 Å². The van der Waals surface area contributed by atoms with Crippen molar-refractivity contribution in [3.63, 3.8) is 0 Å². The number of hydrogen-bond donors (Lipinski definition) is 1. The fourth-order valence-electron chi connectivity index (χ4n) is 2.08. The van der Waals surface area contributed by atoms with Gasteiger partial charge in [-0.15, -0.1) is 11.6 Å². The van der Waals surface area contributed by atoms with E-state index in [2.05, 4.69) is 4.98 Å². The summed E-state index contributed by atoms with van der Waals surface area (Å²) in [4.78, 5) is 3.99. The number of aliphatic hydroxyl groups is 1. The summed E-state index contributed by atoms with van der Waals surface area (Å²) in [5, 5.41) is 10.8. The molecule has 0 aliphatic rings. The molecule has 0 saturated carbocycles. The Kier molecular flexibility index (Phi) is 4.34. The van der Waals surface area contributed by atoms with Crippen LogP contribution in [0.4, 0.5) is 0 Å². The quantitative estimate of drug-likeness (QED) is 0.839. The minimum atomic E-state index is -0.912. The Morgan fingerprint density at radius 1 is 1.06 bits per heavy atom. The number of rotatable bonds is 5. The molecular formula is C15H16ClNO. The number of pyridine rings is 1. The standard InChI is InChI=1S/C15H16ClNO/c16-9-8-15(18,14-4-2-1-3-5-14)12-13-6-10-17-11-7-13/h1-7,10-11,18H,8-9,12H2. The maximum Gasteiger partial charge on any atom is 0.0948 e. The minimum Gasteiger partial charge on any atom is -0.385 e. The van der Waals surface area contributed by atoms with E-state index in [1.807, 2.05) is 42.5 Å². The van der Waals surface area contributed by atoms with Crippen molar-refractivity contribution in [1.82, 2.24) is 4.98 Å². The molecule has 0 aliphatic carbocycles. The zero-order valence-corrected chi connectivity index (χ0v) is 10.8. The Balaban J connectivity index is 2.27. The summed E-state index contributed by atoms with van der Waals surface area (Å²) >= 11 is 5.83. The van der Waals surface area contributed by atoms with Gasteiger partial charge < -0.3 is 5.11 Å². The van der Waals surface area contributed by atoms with Crippen molar-refractivity contribution in [2.45, 2.75) is 18.4 Å². The van der Waals surface area contributed by atoms with E-state index in [9.17, 15) is 5.11 Å². The van der Waals surface area contributed by atoms with E-state index < -0.39 is 5.60 Å². The van der Waals surface area contributed by atoms with Crippen molar-refractivity contribution in [3.05, 3.63) is 66.0 Å². The summed E-state index contributed by atoms with van der Waals surface area (Å²) in [7, 11) is 0. The molecule has 0 fully saturated rings. The van der Waals surface area contributed by atoms with Crippen LogP contribution in [0.1, 0.15) is 17.5 Å². The number of alkyl halides is 1. The summed E-state index contributed by atoms with van der Waals surface area (Å²) in [6.07, 6.45) is 4.55. The second-order valence-corrected chi connectivity index (χ2v) is 4.75. The van der Waals surface area contributed by atoms with Gasteiger partial charge in [0.25, 0.3) is 0 Å². The lowest BCUT2D eigenvalue weighted by molar-refractivity contribution is 0.0336. The normalized spacial score (nSPS) is 14.1. The summed E-state index contributed by atoms with van der Waals surface area (Å²) in [6.45, 7) is 0. The highest BCUT2D eigenvalue weighted by atomic mass is 35.5. The van der Waals surface area contributed by atoms with Crippen LogP contribution < -0.4 is 0 Å². The number of aromatic nitrogens is 1. The van der Waals surface area contributed by atoms with Gasteiger partial charge in [-0.2, -0.15) is 0 Å². The van der Waals surface area contributed by atoms with Gasteiger partial charge in [-0.3, -0.25) is 4.98 Å². The molecule has 1 unspecified atom stereocenters. The molecule has 2 nitrogen and oxygen atoms in total. The molecule has 1 heterocycles. The van der Waals surface area contributed by atoms with Gasteiger partial charge in [-0.05, 0) is 29.7 Å². The van der Waals surface area contributed by atoms with Crippen LogP contribution in [0.5, 0.6) is 0 Å². The predicted octanol–water partition coefficient (Wildman–Crippen LogP) is 3.14. The van der Waals surface area contributed by atoms with Gasteiger partial charge in [0.1, 0.15) is 0 Å². The summed E-state index contributed by atoms with van der Waals surface area (Å²) in [6, 6.07) is 13.5. The lowest BCUT2D eigenvalue weighted by atomic mass is 9.85. The average Bonchev–Trinajstić information content (AvgIpc) is 2.41. The van der Waals surface area contributed by atoms with E-state index in [4.69, 9.17) is 11.6 Å². The molecule has 1 aromatic carbocycles. The maximum absolute atomic E-state index is 10.8. The first kappa shape index (κ1) is 13.1. The molecule has 0 aliphatic heterocycles. The minimum absolute atomic E-state index is 0.427. The molecule has 0 amide bonds. The Labute approximate surface area is 112 Å². The molecule has 0 spiro atoms. The third-order valence-corrected chi connectivity index (χ3v) is 3.25. The first-order valence-corrected chi connectivity index (χ1v) is 6.51. The summed E-state index contributed by atoms with van der Waals surface area (Å²) in [5.41, 5.74) is 1.05. The van der Waals surface area contributed by atoms with E-state index in [0.29, 0.717) is 18.7 Å². The van der Waals surface area contributed by atoms with Crippen molar-refractivity contribution in [1.29, 1.82) is 0 Å². The Hall–Kier alpha value is -1.38. The molecule has 3 heteroatoms. The average molecular weight is 262 g/mol. The van der Waals surface area contributed by atoms with Gasteiger partial charge in [0.15, 0.2) is 0 Å². The first-order chi connectivity index (χ1) is 8.74. The van der Waals surface area contributed by atoms with Crippen LogP contribution in [-0.4, -0.2) is 16.0 Å². The van der Waals surface area contributed by atoms with E-state index in [1.54, 1.807) is 12.4 Å². The molecule has 18 heavy (non-hydrogen) atoms. The highest BCUT2D eigenvalue weighted by Gasteiger charge is 2.28. The van der Waals surface area contributed by atoms with Crippen LogP contribution in [0, 0.1) is 0 Å². The number of nitrogens with zero attached hydrogens (tertiary/aromatic N) is 1. The van der Waals surface area contributed by atoms with E-state index >= 15 is 0 Å². The third kappa shape index (κ3) is 3.09. The van der Waals surface area contributed by atoms with Gasteiger partial charge in [-0.25, -0.2) is 0 Å². The molecule has 2 aromatic rings. The van der Waals surface area contributed by atoms with E-state index in [1.165, 1.54) is 0 Å². The van der Waals surface area contributed by atoms with Gasteiger partial charge >= 0.3 is 0 Å². The van der Waals surface area contributed by atoms with Crippen LogP contribution in [0.2, 0.25) is 0 Å². The predicted molar refractivity (Wildman–Crippen MR) is 73.6 cm³/mol. The van der Waals surface area contributed by atoms with Crippen molar-refractivity contribution >= 4 is 11.6 Å². The Bertz CT molecular complexity index is 474. The number of benzene rings is 1. The third-order valence-electron chi connectivity index (χ3n) is 3.07. The molecule has 0 radical (unpaired) electrons. The fraction of sp³-hybridized carbons (Fsp3) is 0.267. The van der Waals surface area contributed by atoms with Gasteiger partial charge in [0.05, 0.1) is 5.60 Å². The largest absolute Gasteiger partial charge is 0.385 e. The second kappa shape index (κ2) is 5.98. The van der Waals surface area contributed by atoms with Crippen LogP contribution in [0.3, 0.4) is 0 Å². The van der Waals surface area contributed by atoms with Crippen LogP contribution in [0.15, 0.2) is 54.9 Å². The molecule has 0 saturated heterocycles. The first-order valence-electron chi connectivity index (χ1n) is 5.97. The highest BCUT2D eigenvalue weighted by Crippen LogP contribution is 2.29. The molecule has 1 atom stereocenters. The van der Waals surface area contributed by atoms with Crippen molar-refractivity contribution < 1.29 is 5.11 Å². The molecule has 0 bridgehead atoms. The zero-order valence-electron chi connectivity index (χ0n) is 10.1. The SMILES string of the molecule is OC(CCCl)(Cc1ccncc1)c1ccccc1. The summed E-state index contributed by atoms with van der Waals surface area (Å²) < 4.78 is 0. The van der Waals surface area contributed by atoms with Crippen LogP contribution >= 0.6 is 11.6 Å². The maximum atomic E-state index is 10.8. The molecule has 1 N–H and O–H groups in total. The van der Waals surface area contributed by atoms with Gasteiger partial charge in [0.2, 0.25) is 0 Å². The Morgan fingerprint density at radius 2 is 1.72 bits per heavy atom. The van der Waals surface area contributed by atoms with Crippen LogP contribution in [-0.2, 0) is 12.0 Å². The van der Waals surface area contributed by atoms with Gasteiger partial charge in [0, 0.05) is 24.7 Å². The lowest BCUT2D eigenvalue weighted by Gasteiger charge is -2.28. The van der Waals surface area contributed by atoms with Crippen molar-refractivity contribution in [2.24, 2.45) is 0 Å². The number of halogens is 1. The topological polar surface area (TPSA) is 33.1 Å². The fourth-order valence-corrected chi connectivity index (χ4v) is 2.39. The molecule has 2 rings (SSSR count). The number of hydrogen-bond acceptors (Lipinski definition) is 2. The Morgan fingerprint density at radius 3 is 2.33 bits per heavy atom. The highest BCUT2D eigenvalue weighted by molar-refractivity contribution is 6.17. The molecule has 1 aromatic heterocycles. The zero-order chi connectivity index (χ0) is 12.8. The molecule has 94 valence electrons. The van der Waals surface area contributed by atoms with E-state index in [0.717, 1.165) is 11.1 Å². The monoisotopic (exact) mass is 261 g/mol. The van der Waals surface area contributed by atoms with Crippen LogP contribution in [0.25, 0.3) is 0 Å². The van der Waals surface area contributed by atoms with Crippen molar-refractivity contribution in [3.8, 4) is 0 Å².